The Morgan fingerprint density at radius 2 is 2.21 bits per heavy atom. The van der Waals surface area contributed by atoms with Crippen molar-refractivity contribution < 1.29 is 14.3 Å². The number of hydrogen-bond donors (Lipinski definition) is 0. The molecular weight excluding hydrogens is 378 g/mol. The lowest BCUT2D eigenvalue weighted by atomic mass is 9.98. The highest BCUT2D eigenvalue weighted by atomic mass is 32.1. The van der Waals surface area contributed by atoms with E-state index < -0.39 is 0 Å². The van der Waals surface area contributed by atoms with Gasteiger partial charge in [-0.2, -0.15) is 0 Å². The first-order chi connectivity index (χ1) is 13.5. The minimum atomic E-state index is -0.291. The highest BCUT2D eigenvalue weighted by Gasteiger charge is 2.30. The average Bonchev–Trinajstić information content (AvgIpc) is 3.13. The molecule has 0 radical (unpaired) electrons. The maximum absolute atomic E-state index is 13.0. The van der Waals surface area contributed by atoms with E-state index in [2.05, 4.69) is 4.98 Å². The molecule has 0 bridgehead atoms. The second kappa shape index (κ2) is 7.35. The van der Waals surface area contributed by atoms with E-state index in [1.54, 1.807) is 30.2 Å². The molecule has 7 nitrogen and oxygen atoms in total. The third-order valence-corrected chi connectivity index (χ3v) is 6.09. The summed E-state index contributed by atoms with van der Waals surface area (Å²) in [6.45, 7) is 4.95. The third-order valence-electron chi connectivity index (χ3n) is 5.07. The van der Waals surface area contributed by atoms with Crippen LogP contribution in [0.2, 0.25) is 0 Å². The summed E-state index contributed by atoms with van der Waals surface area (Å²) in [5, 5.41) is 0.440. The minimum Gasteiger partial charge on any atom is -0.466 e. The number of pyridine rings is 1. The summed E-state index contributed by atoms with van der Waals surface area (Å²) in [5.74, 6) is -0.707. The Morgan fingerprint density at radius 3 is 3.00 bits per heavy atom. The maximum atomic E-state index is 13.0. The van der Waals surface area contributed by atoms with E-state index in [4.69, 9.17) is 4.74 Å². The lowest BCUT2D eigenvalue weighted by Gasteiger charge is -2.31. The lowest BCUT2D eigenvalue weighted by molar-refractivity contribution is -0.149. The van der Waals surface area contributed by atoms with E-state index >= 15 is 0 Å². The molecule has 1 aliphatic heterocycles. The minimum absolute atomic E-state index is 0.165. The van der Waals surface area contributed by atoms with E-state index in [1.807, 2.05) is 13.0 Å². The quantitative estimate of drug-likeness (QED) is 0.633. The van der Waals surface area contributed by atoms with Gasteiger partial charge in [-0.1, -0.05) is 6.07 Å². The zero-order valence-electron chi connectivity index (χ0n) is 15.8. The van der Waals surface area contributed by atoms with Gasteiger partial charge in [0.1, 0.15) is 10.5 Å². The number of carbonyl (C=O) groups excluding carboxylic acids is 2. The smallest absolute Gasteiger partial charge is 0.310 e. The van der Waals surface area contributed by atoms with Crippen molar-refractivity contribution in [2.24, 2.45) is 5.92 Å². The van der Waals surface area contributed by atoms with Crippen molar-refractivity contribution in [3.05, 3.63) is 45.2 Å². The Labute approximate surface area is 165 Å². The Hall–Kier alpha value is -2.74. The van der Waals surface area contributed by atoms with Crippen molar-refractivity contribution in [3.8, 4) is 0 Å². The van der Waals surface area contributed by atoms with Crippen molar-refractivity contribution in [3.63, 3.8) is 0 Å². The van der Waals surface area contributed by atoms with E-state index in [1.165, 1.54) is 15.7 Å². The van der Waals surface area contributed by atoms with Crippen molar-refractivity contribution in [2.75, 3.05) is 19.7 Å². The number of piperidine rings is 1. The second-order valence-electron chi connectivity index (χ2n) is 6.97. The number of hydrogen-bond acceptors (Lipinski definition) is 6. The standard InChI is InChI=1S/C20H21N3O4S/c1-3-27-20(26)13-7-5-8-22(11-13)19(25)15-10-14-17(28-15)21-16-12(2)6-4-9-23(16)18(14)24/h4,6,9-10,13H,3,5,7-8,11H2,1-2H3. The van der Waals surface area contributed by atoms with Crippen molar-refractivity contribution in [1.29, 1.82) is 0 Å². The van der Waals surface area contributed by atoms with Crippen LogP contribution in [0, 0.1) is 12.8 Å². The first kappa shape index (κ1) is 18.6. The van der Waals surface area contributed by atoms with Crippen molar-refractivity contribution in [2.45, 2.75) is 26.7 Å². The van der Waals surface area contributed by atoms with Gasteiger partial charge >= 0.3 is 5.97 Å². The summed E-state index contributed by atoms with van der Waals surface area (Å²) in [6, 6.07) is 5.33. The fourth-order valence-electron chi connectivity index (χ4n) is 3.63. The fourth-order valence-corrected chi connectivity index (χ4v) is 4.62. The molecule has 0 aliphatic carbocycles. The summed E-state index contributed by atoms with van der Waals surface area (Å²) >= 11 is 1.22. The van der Waals surface area contributed by atoms with Crippen LogP contribution in [0.3, 0.4) is 0 Å². The van der Waals surface area contributed by atoms with Crippen LogP contribution in [0.4, 0.5) is 0 Å². The molecule has 1 amide bonds. The molecule has 1 unspecified atom stereocenters. The highest BCUT2D eigenvalue weighted by Crippen LogP contribution is 2.26. The summed E-state index contributed by atoms with van der Waals surface area (Å²) in [7, 11) is 0. The molecule has 28 heavy (non-hydrogen) atoms. The Balaban J connectivity index is 1.67. The summed E-state index contributed by atoms with van der Waals surface area (Å²) in [4.78, 5) is 45.2. The molecule has 146 valence electrons. The van der Waals surface area contributed by atoms with Gasteiger partial charge in [-0.25, -0.2) is 4.98 Å². The number of thiophene rings is 1. The molecule has 8 heteroatoms. The largest absolute Gasteiger partial charge is 0.466 e. The highest BCUT2D eigenvalue weighted by molar-refractivity contribution is 7.20. The number of carbonyl (C=O) groups is 2. The molecule has 3 aromatic rings. The molecule has 0 N–H and O–H groups in total. The molecule has 1 fully saturated rings. The normalized spacial score (nSPS) is 17.2. The fraction of sp³-hybridized carbons (Fsp3) is 0.400. The van der Waals surface area contributed by atoms with Gasteiger partial charge in [-0.05, 0) is 44.4 Å². The zero-order chi connectivity index (χ0) is 19.8. The molecule has 0 saturated carbocycles. The zero-order valence-corrected chi connectivity index (χ0v) is 16.6. The summed E-state index contributed by atoms with van der Waals surface area (Å²) in [6.07, 6.45) is 3.16. The Morgan fingerprint density at radius 1 is 1.39 bits per heavy atom. The second-order valence-corrected chi connectivity index (χ2v) is 8.00. The number of aryl methyl sites for hydroxylation is 1. The molecule has 3 aromatic heterocycles. The molecule has 1 atom stereocenters. The van der Waals surface area contributed by atoms with Gasteiger partial charge in [-0.3, -0.25) is 18.8 Å². The van der Waals surface area contributed by atoms with Crippen molar-refractivity contribution in [1.82, 2.24) is 14.3 Å². The van der Waals surface area contributed by atoms with E-state index in [9.17, 15) is 14.4 Å². The van der Waals surface area contributed by atoms with Crippen LogP contribution in [0.1, 0.15) is 35.0 Å². The first-order valence-electron chi connectivity index (χ1n) is 9.37. The molecule has 4 rings (SSSR count). The van der Waals surface area contributed by atoms with Gasteiger partial charge < -0.3 is 9.64 Å². The van der Waals surface area contributed by atoms with Gasteiger partial charge in [-0.15, -0.1) is 11.3 Å². The van der Waals surface area contributed by atoms with Gasteiger partial charge in [0.15, 0.2) is 0 Å². The molecular formula is C20H21N3O4S. The van der Waals surface area contributed by atoms with Gasteiger partial charge in [0.2, 0.25) is 0 Å². The monoisotopic (exact) mass is 399 g/mol. The Kier molecular flexibility index (Phi) is 4.89. The van der Waals surface area contributed by atoms with Crippen LogP contribution >= 0.6 is 11.3 Å². The van der Waals surface area contributed by atoms with Gasteiger partial charge in [0.05, 0.1) is 22.8 Å². The van der Waals surface area contributed by atoms with E-state index in [-0.39, 0.29) is 23.4 Å². The average molecular weight is 399 g/mol. The number of esters is 1. The Bertz CT molecular complexity index is 1130. The number of amides is 1. The first-order valence-corrected chi connectivity index (χ1v) is 10.2. The predicted octanol–water partition coefficient (Wildman–Crippen LogP) is 2.63. The SMILES string of the molecule is CCOC(=O)C1CCCN(C(=O)c2cc3c(=O)n4cccc(C)c4nc3s2)C1. The van der Waals surface area contributed by atoms with E-state index in [0.29, 0.717) is 40.4 Å². The van der Waals surface area contributed by atoms with Crippen LogP contribution in [0.5, 0.6) is 0 Å². The lowest BCUT2D eigenvalue weighted by Crippen LogP contribution is -2.42. The number of ether oxygens (including phenoxy) is 1. The number of likely N-dealkylation sites (tertiary alicyclic amines) is 1. The number of fused-ring (bicyclic) bond motifs is 2. The molecule has 1 aliphatic rings. The number of rotatable bonds is 3. The van der Waals surface area contributed by atoms with Gasteiger partial charge in [0.25, 0.3) is 11.5 Å². The molecule has 0 aromatic carbocycles. The third kappa shape index (κ3) is 3.17. The topological polar surface area (TPSA) is 81.0 Å². The maximum Gasteiger partial charge on any atom is 0.310 e. The molecule has 4 heterocycles. The molecule has 0 spiro atoms. The number of nitrogens with zero attached hydrogens (tertiary/aromatic N) is 3. The number of aromatic nitrogens is 2. The van der Waals surface area contributed by atoms with Crippen LogP contribution < -0.4 is 5.56 Å². The summed E-state index contributed by atoms with van der Waals surface area (Å²) in [5.41, 5.74) is 1.32. The van der Waals surface area contributed by atoms with Crippen molar-refractivity contribution >= 4 is 39.1 Å². The van der Waals surface area contributed by atoms with Crippen LogP contribution in [-0.2, 0) is 9.53 Å². The van der Waals surface area contributed by atoms with Gasteiger partial charge in [0, 0.05) is 19.3 Å². The van der Waals surface area contributed by atoms with Crippen LogP contribution in [-0.4, -0.2) is 45.9 Å². The predicted molar refractivity (Wildman–Crippen MR) is 107 cm³/mol. The van der Waals surface area contributed by atoms with Crippen LogP contribution in [0.15, 0.2) is 29.2 Å². The molecule has 1 saturated heterocycles. The van der Waals surface area contributed by atoms with Crippen LogP contribution in [0.25, 0.3) is 15.9 Å². The van der Waals surface area contributed by atoms with E-state index in [0.717, 1.165) is 18.4 Å². The summed E-state index contributed by atoms with van der Waals surface area (Å²) < 4.78 is 6.62.